The number of benzene rings is 1. The van der Waals surface area contributed by atoms with Gasteiger partial charge in [-0.05, 0) is 6.92 Å². The molecule has 0 amide bonds. The molecule has 1 aromatic heterocycles. The van der Waals surface area contributed by atoms with Gasteiger partial charge in [-0.15, -0.1) is 16.7 Å². The highest BCUT2D eigenvalue weighted by Crippen LogP contribution is 2.23. The SMILES string of the molecule is CC(Cl)c1nnc(Nc2cc(F)c(F)c(F)c2)o1. The Balaban J connectivity index is 2.23. The van der Waals surface area contributed by atoms with Gasteiger partial charge in [-0.3, -0.25) is 0 Å². The minimum absolute atomic E-state index is 0.0520. The predicted octanol–water partition coefficient (Wildman–Crippen LogP) is 3.53. The Kier molecular flexibility index (Phi) is 3.42. The smallest absolute Gasteiger partial charge is 0.320 e. The summed E-state index contributed by atoms with van der Waals surface area (Å²) >= 11 is 5.70. The number of aromatic nitrogens is 2. The average Bonchev–Trinajstić information content (AvgIpc) is 2.74. The Bertz CT molecular complexity index is 550. The molecule has 0 fully saturated rings. The Hall–Kier alpha value is -1.76. The monoisotopic (exact) mass is 277 g/mol. The first-order valence-electron chi connectivity index (χ1n) is 4.86. The van der Waals surface area contributed by atoms with Gasteiger partial charge in [0.25, 0.3) is 0 Å². The van der Waals surface area contributed by atoms with E-state index in [0.717, 1.165) is 12.1 Å². The van der Waals surface area contributed by atoms with Crippen LogP contribution in [-0.4, -0.2) is 10.2 Å². The predicted molar refractivity (Wildman–Crippen MR) is 58.2 cm³/mol. The van der Waals surface area contributed by atoms with Crippen molar-refractivity contribution in [2.75, 3.05) is 5.32 Å². The van der Waals surface area contributed by atoms with Gasteiger partial charge < -0.3 is 9.73 Å². The molecule has 18 heavy (non-hydrogen) atoms. The maximum Gasteiger partial charge on any atom is 0.320 e. The van der Waals surface area contributed by atoms with E-state index in [0.29, 0.717) is 0 Å². The molecule has 4 nitrogen and oxygen atoms in total. The van der Waals surface area contributed by atoms with Gasteiger partial charge in [-0.2, -0.15) is 0 Å². The second-order valence-electron chi connectivity index (χ2n) is 3.44. The molecule has 1 unspecified atom stereocenters. The highest BCUT2D eigenvalue weighted by Gasteiger charge is 2.14. The lowest BCUT2D eigenvalue weighted by atomic mass is 10.3. The molecule has 8 heteroatoms. The van der Waals surface area contributed by atoms with Crippen LogP contribution < -0.4 is 5.32 Å². The van der Waals surface area contributed by atoms with Crippen molar-refractivity contribution in [1.29, 1.82) is 0 Å². The van der Waals surface area contributed by atoms with Gasteiger partial charge in [0, 0.05) is 17.8 Å². The van der Waals surface area contributed by atoms with Crippen LogP contribution in [0.15, 0.2) is 16.5 Å². The largest absolute Gasteiger partial charge is 0.406 e. The number of alkyl halides is 1. The van der Waals surface area contributed by atoms with Crippen LogP contribution in [0.4, 0.5) is 24.9 Å². The van der Waals surface area contributed by atoms with E-state index in [9.17, 15) is 13.2 Å². The molecule has 0 radical (unpaired) electrons. The van der Waals surface area contributed by atoms with Crippen LogP contribution in [0.2, 0.25) is 0 Å². The normalized spacial score (nSPS) is 12.5. The van der Waals surface area contributed by atoms with Gasteiger partial charge in [0.2, 0.25) is 5.89 Å². The molecular weight excluding hydrogens is 271 g/mol. The summed E-state index contributed by atoms with van der Waals surface area (Å²) in [5.74, 6) is -4.02. The fraction of sp³-hybridized carbons (Fsp3) is 0.200. The van der Waals surface area contributed by atoms with Crippen molar-refractivity contribution in [3.8, 4) is 0 Å². The minimum Gasteiger partial charge on any atom is -0.406 e. The topological polar surface area (TPSA) is 51.0 Å². The third-order valence-electron chi connectivity index (χ3n) is 2.02. The quantitative estimate of drug-likeness (QED) is 0.689. The molecule has 1 aromatic carbocycles. The zero-order chi connectivity index (χ0) is 13.3. The second-order valence-corrected chi connectivity index (χ2v) is 4.09. The number of anilines is 2. The highest BCUT2D eigenvalue weighted by molar-refractivity contribution is 6.20. The fourth-order valence-electron chi connectivity index (χ4n) is 1.20. The van der Waals surface area contributed by atoms with Crippen LogP contribution in [0.25, 0.3) is 0 Å². The van der Waals surface area contributed by atoms with E-state index in [4.69, 9.17) is 16.0 Å². The zero-order valence-corrected chi connectivity index (χ0v) is 9.80. The number of nitrogens with zero attached hydrogens (tertiary/aromatic N) is 2. The van der Waals surface area contributed by atoms with Gasteiger partial charge in [0.1, 0.15) is 5.38 Å². The third kappa shape index (κ3) is 2.56. The van der Waals surface area contributed by atoms with Gasteiger partial charge >= 0.3 is 6.01 Å². The Labute approximate surface area is 105 Å². The van der Waals surface area contributed by atoms with Crippen LogP contribution in [-0.2, 0) is 0 Å². The van der Waals surface area contributed by atoms with Gasteiger partial charge in [0.05, 0.1) is 0 Å². The van der Waals surface area contributed by atoms with Crippen molar-refractivity contribution in [2.24, 2.45) is 0 Å². The van der Waals surface area contributed by atoms with Crippen molar-refractivity contribution >= 4 is 23.3 Å². The first-order chi connectivity index (χ1) is 8.47. The molecule has 0 saturated carbocycles. The summed E-state index contributed by atoms with van der Waals surface area (Å²) in [6.07, 6.45) is 0. The highest BCUT2D eigenvalue weighted by atomic mass is 35.5. The first kappa shape index (κ1) is 12.7. The molecule has 0 aliphatic rings. The number of hydrogen-bond acceptors (Lipinski definition) is 4. The van der Waals surface area contributed by atoms with Crippen LogP contribution in [0.1, 0.15) is 18.2 Å². The van der Waals surface area contributed by atoms with Crippen LogP contribution in [0.3, 0.4) is 0 Å². The number of halogens is 4. The van der Waals surface area contributed by atoms with E-state index in [1.54, 1.807) is 6.92 Å². The van der Waals surface area contributed by atoms with E-state index in [1.165, 1.54) is 0 Å². The maximum absolute atomic E-state index is 12.9. The third-order valence-corrected chi connectivity index (χ3v) is 2.20. The van der Waals surface area contributed by atoms with Crippen molar-refractivity contribution < 1.29 is 17.6 Å². The van der Waals surface area contributed by atoms with Crippen LogP contribution >= 0.6 is 11.6 Å². The zero-order valence-electron chi connectivity index (χ0n) is 9.05. The van der Waals surface area contributed by atoms with Crippen LogP contribution in [0.5, 0.6) is 0 Å². The molecule has 1 atom stereocenters. The van der Waals surface area contributed by atoms with E-state index in [-0.39, 0.29) is 17.6 Å². The lowest BCUT2D eigenvalue weighted by molar-refractivity contribution is 0.447. The molecule has 0 spiro atoms. The summed E-state index contributed by atoms with van der Waals surface area (Å²) in [5, 5.41) is 9.12. The van der Waals surface area contributed by atoms with E-state index >= 15 is 0 Å². The number of rotatable bonds is 3. The van der Waals surface area contributed by atoms with Crippen molar-refractivity contribution in [3.63, 3.8) is 0 Å². The van der Waals surface area contributed by atoms with Gasteiger partial charge in [0.15, 0.2) is 17.5 Å². The van der Waals surface area contributed by atoms with E-state index in [2.05, 4.69) is 15.5 Å². The number of nitrogens with one attached hydrogen (secondary N) is 1. The second kappa shape index (κ2) is 4.85. The van der Waals surface area contributed by atoms with Crippen molar-refractivity contribution in [2.45, 2.75) is 12.3 Å². The van der Waals surface area contributed by atoms with Crippen LogP contribution in [0, 0.1) is 17.5 Å². The lowest BCUT2D eigenvalue weighted by Gasteiger charge is -2.02. The Morgan fingerprint density at radius 1 is 1.22 bits per heavy atom. The molecule has 0 aliphatic heterocycles. The molecule has 0 bridgehead atoms. The molecular formula is C10H7ClF3N3O. The first-order valence-corrected chi connectivity index (χ1v) is 5.30. The van der Waals surface area contributed by atoms with E-state index < -0.39 is 22.8 Å². The lowest BCUT2D eigenvalue weighted by Crippen LogP contribution is -1.96. The molecule has 2 aromatic rings. The average molecular weight is 278 g/mol. The summed E-state index contributed by atoms with van der Waals surface area (Å²) < 4.78 is 43.6. The summed E-state index contributed by atoms with van der Waals surface area (Å²) in [5.41, 5.74) is -0.0520. The minimum atomic E-state index is -1.54. The molecule has 96 valence electrons. The van der Waals surface area contributed by atoms with Gasteiger partial charge in [-0.1, -0.05) is 5.10 Å². The van der Waals surface area contributed by atoms with Gasteiger partial charge in [-0.25, -0.2) is 13.2 Å². The summed E-state index contributed by atoms with van der Waals surface area (Å²) in [7, 11) is 0. The molecule has 0 saturated heterocycles. The Morgan fingerprint density at radius 3 is 2.33 bits per heavy atom. The standard InChI is InChI=1S/C10H7ClF3N3O/c1-4(11)9-16-17-10(18-9)15-5-2-6(12)8(14)7(13)3-5/h2-4H,1H3,(H,15,17). The summed E-state index contributed by atoms with van der Waals surface area (Å²) in [4.78, 5) is 0. The molecule has 1 heterocycles. The number of hydrogen-bond donors (Lipinski definition) is 1. The van der Waals surface area contributed by atoms with Crippen molar-refractivity contribution in [1.82, 2.24) is 10.2 Å². The maximum atomic E-state index is 12.9. The summed E-state index contributed by atoms with van der Waals surface area (Å²) in [6.45, 7) is 1.62. The molecule has 1 N–H and O–H groups in total. The molecule has 0 aliphatic carbocycles. The van der Waals surface area contributed by atoms with E-state index in [1.807, 2.05) is 0 Å². The van der Waals surface area contributed by atoms with Crippen molar-refractivity contribution in [3.05, 3.63) is 35.5 Å². The summed E-state index contributed by atoms with van der Waals surface area (Å²) in [6, 6.07) is 1.45. The fourth-order valence-corrected chi connectivity index (χ4v) is 1.29. The Morgan fingerprint density at radius 2 is 1.83 bits per heavy atom. The molecule has 2 rings (SSSR count).